The summed E-state index contributed by atoms with van der Waals surface area (Å²) in [6, 6.07) is -1.66. The van der Waals surface area contributed by atoms with E-state index in [2.05, 4.69) is 10.6 Å². The summed E-state index contributed by atoms with van der Waals surface area (Å²) in [5, 5.41) is 14.1. The van der Waals surface area contributed by atoms with E-state index >= 15 is 0 Å². The fraction of sp³-hybridized carbons (Fsp3) is 0.818. The third-order valence-electron chi connectivity index (χ3n) is 2.85. The van der Waals surface area contributed by atoms with Crippen LogP contribution in [0.1, 0.15) is 33.6 Å². The highest BCUT2D eigenvalue weighted by atomic mass is 16.3. The zero-order valence-corrected chi connectivity index (χ0v) is 10.7. The predicted molar refractivity (Wildman–Crippen MR) is 65.3 cm³/mol. The van der Waals surface area contributed by atoms with Gasteiger partial charge in [-0.3, -0.25) is 4.79 Å². The zero-order chi connectivity index (χ0) is 13.4. The van der Waals surface area contributed by atoms with Gasteiger partial charge in [0.15, 0.2) is 0 Å². The summed E-state index contributed by atoms with van der Waals surface area (Å²) in [6.45, 7) is 5.53. The number of aliphatic hydroxyl groups excluding tert-OH is 1. The predicted octanol–water partition coefficient (Wildman–Crippen LogP) is -0.0435. The number of amides is 3. The summed E-state index contributed by atoms with van der Waals surface area (Å²) < 4.78 is 0. The molecule has 0 aromatic rings. The highest BCUT2D eigenvalue weighted by molar-refractivity contribution is 5.86. The molecule has 6 nitrogen and oxygen atoms in total. The van der Waals surface area contributed by atoms with Crippen LogP contribution >= 0.6 is 0 Å². The number of primary amides is 1. The molecule has 0 aliphatic heterocycles. The van der Waals surface area contributed by atoms with E-state index in [1.165, 1.54) is 0 Å². The van der Waals surface area contributed by atoms with Gasteiger partial charge < -0.3 is 21.5 Å². The van der Waals surface area contributed by atoms with Gasteiger partial charge >= 0.3 is 6.03 Å². The Bertz CT molecular complexity index is 254. The third-order valence-corrected chi connectivity index (χ3v) is 2.85. The Morgan fingerprint density at radius 1 is 1.24 bits per heavy atom. The monoisotopic (exact) mass is 245 g/mol. The largest absolute Gasteiger partial charge is 0.394 e. The zero-order valence-electron chi connectivity index (χ0n) is 10.7. The highest BCUT2D eigenvalue weighted by Crippen LogP contribution is 2.08. The standard InChI is InChI=1S/C11H23N3O3/c1-4-7(3)9(14-11(12)17)10(16)13-8(5-2)6-15/h7-9,15H,4-6H2,1-3H3,(H,13,16)(H3,12,14,17)/t7?,8-,9?/m0/s1. The molecule has 0 bridgehead atoms. The molecule has 0 heterocycles. The van der Waals surface area contributed by atoms with Crippen LogP contribution in [-0.4, -0.2) is 35.7 Å². The molecule has 5 N–H and O–H groups in total. The molecule has 0 radical (unpaired) electrons. The highest BCUT2D eigenvalue weighted by Gasteiger charge is 2.26. The van der Waals surface area contributed by atoms with Crippen molar-refractivity contribution < 1.29 is 14.7 Å². The van der Waals surface area contributed by atoms with Crippen molar-refractivity contribution in [3.05, 3.63) is 0 Å². The molecule has 6 heteroatoms. The Morgan fingerprint density at radius 3 is 2.18 bits per heavy atom. The molecule has 0 aliphatic carbocycles. The molecule has 17 heavy (non-hydrogen) atoms. The second-order valence-corrected chi connectivity index (χ2v) is 4.17. The molecule has 3 atom stereocenters. The molecule has 0 spiro atoms. The average Bonchev–Trinajstić information content (AvgIpc) is 2.31. The van der Waals surface area contributed by atoms with Crippen LogP contribution in [0.15, 0.2) is 0 Å². The van der Waals surface area contributed by atoms with E-state index in [1.807, 2.05) is 20.8 Å². The van der Waals surface area contributed by atoms with Crippen LogP contribution in [0.5, 0.6) is 0 Å². The molecule has 0 aromatic carbocycles. The number of urea groups is 1. The van der Waals surface area contributed by atoms with Crippen molar-refractivity contribution in [3.8, 4) is 0 Å². The second-order valence-electron chi connectivity index (χ2n) is 4.17. The molecule has 0 saturated carbocycles. The van der Waals surface area contributed by atoms with Crippen molar-refractivity contribution in [1.29, 1.82) is 0 Å². The Morgan fingerprint density at radius 2 is 1.82 bits per heavy atom. The number of nitrogens with two attached hydrogens (primary N) is 1. The molecule has 0 rings (SSSR count). The van der Waals surface area contributed by atoms with Gasteiger partial charge in [0.1, 0.15) is 6.04 Å². The maximum absolute atomic E-state index is 11.9. The lowest BCUT2D eigenvalue weighted by Crippen LogP contribution is -2.54. The normalized spacial score (nSPS) is 15.8. The lowest BCUT2D eigenvalue weighted by molar-refractivity contribution is -0.125. The molecule has 0 aromatic heterocycles. The quantitative estimate of drug-likeness (QED) is 0.505. The van der Waals surface area contributed by atoms with Crippen LogP contribution in [0, 0.1) is 5.92 Å². The van der Waals surface area contributed by atoms with Gasteiger partial charge in [-0.1, -0.05) is 27.2 Å². The fourth-order valence-corrected chi connectivity index (χ4v) is 1.42. The van der Waals surface area contributed by atoms with E-state index in [-0.39, 0.29) is 24.5 Å². The van der Waals surface area contributed by atoms with Crippen molar-refractivity contribution in [2.75, 3.05) is 6.61 Å². The molecule has 3 amide bonds. The summed E-state index contributed by atoms with van der Waals surface area (Å²) >= 11 is 0. The van der Waals surface area contributed by atoms with Crippen LogP contribution in [-0.2, 0) is 4.79 Å². The Hall–Kier alpha value is -1.30. The Labute approximate surface area is 102 Å². The first-order valence-electron chi connectivity index (χ1n) is 5.93. The molecule has 0 aliphatic rings. The summed E-state index contributed by atoms with van der Waals surface area (Å²) in [5.41, 5.74) is 5.04. The number of carbonyl (C=O) groups excluding carboxylic acids is 2. The van der Waals surface area contributed by atoms with Gasteiger partial charge in [0.2, 0.25) is 5.91 Å². The van der Waals surface area contributed by atoms with Gasteiger partial charge in [-0.05, 0) is 12.3 Å². The second kappa shape index (κ2) is 7.89. The smallest absolute Gasteiger partial charge is 0.312 e. The first-order chi connectivity index (χ1) is 7.96. The van der Waals surface area contributed by atoms with Crippen LogP contribution in [0.3, 0.4) is 0 Å². The molecule has 0 saturated heterocycles. The van der Waals surface area contributed by atoms with E-state index < -0.39 is 12.1 Å². The van der Waals surface area contributed by atoms with Crippen molar-refractivity contribution in [1.82, 2.24) is 10.6 Å². The Kier molecular flexibility index (Phi) is 7.29. The lowest BCUT2D eigenvalue weighted by atomic mass is 9.98. The number of hydrogen-bond acceptors (Lipinski definition) is 3. The molecular weight excluding hydrogens is 222 g/mol. The number of aliphatic hydroxyl groups is 1. The van der Waals surface area contributed by atoms with Crippen molar-refractivity contribution in [2.24, 2.45) is 11.7 Å². The maximum Gasteiger partial charge on any atom is 0.312 e. The van der Waals surface area contributed by atoms with Gasteiger partial charge in [-0.25, -0.2) is 4.79 Å². The third kappa shape index (κ3) is 5.53. The number of rotatable bonds is 7. The minimum atomic E-state index is -0.720. The number of carbonyl (C=O) groups is 2. The molecule has 0 fully saturated rings. The lowest BCUT2D eigenvalue weighted by Gasteiger charge is -2.24. The van der Waals surface area contributed by atoms with Gasteiger partial charge in [0, 0.05) is 0 Å². The molecular formula is C11H23N3O3. The van der Waals surface area contributed by atoms with Crippen molar-refractivity contribution >= 4 is 11.9 Å². The van der Waals surface area contributed by atoms with E-state index in [4.69, 9.17) is 10.8 Å². The van der Waals surface area contributed by atoms with Crippen LogP contribution < -0.4 is 16.4 Å². The van der Waals surface area contributed by atoms with Crippen molar-refractivity contribution in [3.63, 3.8) is 0 Å². The average molecular weight is 245 g/mol. The minimum absolute atomic E-state index is 0.0151. The number of hydrogen-bond donors (Lipinski definition) is 4. The summed E-state index contributed by atoms with van der Waals surface area (Å²) in [4.78, 5) is 22.8. The number of nitrogens with one attached hydrogen (secondary N) is 2. The first kappa shape index (κ1) is 15.7. The molecule has 2 unspecified atom stereocenters. The van der Waals surface area contributed by atoms with Crippen LogP contribution in [0.2, 0.25) is 0 Å². The van der Waals surface area contributed by atoms with Gasteiger partial charge in [-0.2, -0.15) is 0 Å². The van der Waals surface area contributed by atoms with E-state index in [0.717, 1.165) is 6.42 Å². The SMILES string of the molecule is CCC(C)C(NC(N)=O)C(=O)N[C@@H](CC)CO. The van der Waals surface area contributed by atoms with Crippen LogP contribution in [0.25, 0.3) is 0 Å². The summed E-state index contributed by atoms with van der Waals surface area (Å²) in [7, 11) is 0. The fourth-order valence-electron chi connectivity index (χ4n) is 1.42. The summed E-state index contributed by atoms with van der Waals surface area (Å²) in [5.74, 6) is -0.322. The molecule has 100 valence electrons. The van der Waals surface area contributed by atoms with Crippen molar-refractivity contribution in [2.45, 2.75) is 45.7 Å². The van der Waals surface area contributed by atoms with Crippen LogP contribution in [0.4, 0.5) is 4.79 Å². The van der Waals surface area contributed by atoms with E-state index in [0.29, 0.717) is 6.42 Å². The Balaban J connectivity index is 4.56. The van der Waals surface area contributed by atoms with Gasteiger partial charge in [0.25, 0.3) is 0 Å². The van der Waals surface area contributed by atoms with Gasteiger partial charge in [0.05, 0.1) is 12.6 Å². The van der Waals surface area contributed by atoms with Gasteiger partial charge in [-0.15, -0.1) is 0 Å². The first-order valence-corrected chi connectivity index (χ1v) is 5.93. The minimum Gasteiger partial charge on any atom is -0.394 e. The van der Waals surface area contributed by atoms with E-state index in [9.17, 15) is 9.59 Å². The maximum atomic E-state index is 11.9. The topological polar surface area (TPSA) is 104 Å². The summed E-state index contributed by atoms with van der Waals surface area (Å²) in [6.07, 6.45) is 1.38. The van der Waals surface area contributed by atoms with E-state index in [1.54, 1.807) is 0 Å².